The van der Waals surface area contributed by atoms with Crippen molar-refractivity contribution in [3.05, 3.63) is 34.9 Å². The largest absolute Gasteiger partial charge is 0.340 e. The lowest BCUT2D eigenvalue weighted by molar-refractivity contribution is -0.133. The predicted molar refractivity (Wildman–Crippen MR) is 91.2 cm³/mol. The first-order valence-electron chi connectivity index (χ1n) is 8.04. The molecule has 1 amide bonds. The van der Waals surface area contributed by atoms with Crippen LogP contribution >= 0.6 is 11.6 Å². The SMILES string of the molecule is CNCCCC(=O)N1CCN(C(C)c2ccccc2Cl)CC1. The molecule has 5 heteroatoms. The van der Waals surface area contributed by atoms with Crippen molar-refractivity contribution in [2.75, 3.05) is 39.8 Å². The highest BCUT2D eigenvalue weighted by Gasteiger charge is 2.25. The molecule has 1 aliphatic rings. The third-order valence-electron chi connectivity index (χ3n) is 4.39. The Balaban J connectivity index is 1.84. The van der Waals surface area contributed by atoms with Crippen LogP contribution < -0.4 is 5.32 Å². The van der Waals surface area contributed by atoms with Gasteiger partial charge in [-0.1, -0.05) is 29.8 Å². The number of hydrogen-bond acceptors (Lipinski definition) is 3. The highest BCUT2D eigenvalue weighted by Crippen LogP contribution is 2.27. The van der Waals surface area contributed by atoms with Crippen LogP contribution in [-0.2, 0) is 4.79 Å². The summed E-state index contributed by atoms with van der Waals surface area (Å²) in [5, 5.41) is 3.90. The van der Waals surface area contributed by atoms with E-state index in [9.17, 15) is 4.79 Å². The molecule has 122 valence electrons. The minimum Gasteiger partial charge on any atom is -0.340 e. The van der Waals surface area contributed by atoms with E-state index < -0.39 is 0 Å². The van der Waals surface area contributed by atoms with Gasteiger partial charge < -0.3 is 10.2 Å². The van der Waals surface area contributed by atoms with Gasteiger partial charge in [0.05, 0.1) is 0 Å². The highest BCUT2D eigenvalue weighted by molar-refractivity contribution is 6.31. The first-order chi connectivity index (χ1) is 10.6. The van der Waals surface area contributed by atoms with Crippen LogP contribution in [-0.4, -0.2) is 55.5 Å². The number of hydrogen-bond donors (Lipinski definition) is 1. The van der Waals surface area contributed by atoms with Gasteiger partial charge >= 0.3 is 0 Å². The van der Waals surface area contributed by atoms with Gasteiger partial charge in [-0.3, -0.25) is 9.69 Å². The average molecular weight is 324 g/mol. The first-order valence-corrected chi connectivity index (χ1v) is 8.42. The summed E-state index contributed by atoms with van der Waals surface area (Å²) >= 11 is 6.29. The third kappa shape index (κ3) is 4.45. The fraction of sp³-hybridized carbons (Fsp3) is 0.588. The van der Waals surface area contributed by atoms with Gasteiger partial charge in [-0.25, -0.2) is 0 Å². The molecule has 1 aromatic rings. The molecule has 0 spiro atoms. The minimum atomic E-state index is 0.278. The Hall–Kier alpha value is -1.10. The molecule has 1 aliphatic heterocycles. The van der Waals surface area contributed by atoms with Gasteiger partial charge in [0.15, 0.2) is 0 Å². The van der Waals surface area contributed by atoms with Crippen LogP contribution in [0.2, 0.25) is 5.02 Å². The monoisotopic (exact) mass is 323 g/mol. The molecule has 1 fully saturated rings. The molecule has 2 rings (SSSR count). The fourth-order valence-electron chi connectivity index (χ4n) is 2.94. The van der Waals surface area contributed by atoms with Crippen molar-refractivity contribution in [2.24, 2.45) is 0 Å². The van der Waals surface area contributed by atoms with E-state index in [-0.39, 0.29) is 11.9 Å². The second-order valence-electron chi connectivity index (χ2n) is 5.82. The summed E-state index contributed by atoms with van der Waals surface area (Å²) in [5.74, 6) is 0.278. The summed E-state index contributed by atoms with van der Waals surface area (Å²) in [6, 6.07) is 8.30. The number of amides is 1. The summed E-state index contributed by atoms with van der Waals surface area (Å²) in [6.07, 6.45) is 1.55. The Bertz CT molecular complexity index is 487. The number of carbonyl (C=O) groups is 1. The number of piperazine rings is 1. The minimum absolute atomic E-state index is 0.278. The summed E-state index contributed by atoms with van der Waals surface area (Å²) in [6.45, 7) is 6.52. The molecule has 0 saturated carbocycles. The molecule has 0 bridgehead atoms. The van der Waals surface area contributed by atoms with E-state index in [1.54, 1.807) is 0 Å². The Morgan fingerprint density at radius 2 is 1.95 bits per heavy atom. The normalized spacial score (nSPS) is 17.5. The van der Waals surface area contributed by atoms with Crippen molar-refractivity contribution in [2.45, 2.75) is 25.8 Å². The van der Waals surface area contributed by atoms with E-state index in [4.69, 9.17) is 11.6 Å². The molecule has 0 aromatic heterocycles. The van der Waals surface area contributed by atoms with Gasteiger partial charge in [-0.05, 0) is 38.6 Å². The van der Waals surface area contributed by atoms with Gasteiger partial charge in [-0.2, -0.15) is 0 Å². The quantitative estimate of drug-likeness (QED) is 0.817. The van der Waals surface area contributed by atoms with Crippen LogP contribution in [0.15, 0.2) is 24.3 Å². The van der Waals surface area contributed by atoms with Gasteiger partial charge in [-0.15, -0.1) is 0 Å². The molecule has 22 heavy (non-hydrogen) atoms. The van der Waals surface area contributed by atoms with Gasteiger partial charge in [0.25, 0.3) is 0 Å². The summed E-state index contributed by atoms with van der Waals surface area (Å²) in [4.78, 5) is 16.5. The van der Waals surface area contributed by atoms with Crippen LogP contribution in [0.1, 0.15) is 31.4 Å². The maximum Gasteiger partial charge on any atom is 0.222 e. The molecular formula is C17H26ClN3O. The van der Waals surface area contributed by atoms with Crippen molar-refractivity contribution < 1.29 is 4.79 Å². The zero-order valence-electron chi connectivity index (χ0n) is 13.5. The maximum absolute atomic E-state index is 12.1. The maximum atomic E-state index is 12.1. The zero-order chi connectivity index (χ0) is 15.9. The lowest BCUT2D eigenvalue weighted by Gasteiger charge is -2.38. The number of benzene rings is 1. The lowest BCUT2D eigenvalue weighted by atomic mass is 10.1. The van der Waals surface area contributed by atoms with Crippen LogP contribution in [0.5, 0.6) is 0 Å². The number of rotatable bonds is 6. The molecule has 1 heterocycles. The van der Waals surface area contributed by atoms with E-state index in [1.165, 1.54) is 0 Å². The Labute approximate surface area is 138 Å². The first kappa shape index (κ1) is 17.3. The fourth-order valence-corrected chi connectivity index (χ4v) is 3.24. The van der Waals surface area contributed by atoms with Crippen LogP contribution in [0.3, 0.4) is 0 Å². The van der Waals surface area contributed by atoms with Gasteiger partial charge in [0, 0.05) is 43.7 Å². The molecule has 1 unspecified atom stereocenters. The molecule has 1 aromatic carbocycles. The van der Waals surface area contributed by atoms with Crippen LogP contribution in [0.25, 0.3) is 0 Å². The topological polar surface area (TPSA) is 35.6 Å². The van der Waals surface area contributed by atoms with Crippen molar-refractivity contribution in [1.82, 2.24) is 15.1 Å². The molecule has 0 radical (unpaired) electrons. The number of halogens is 1. The predicted octanol–water partition coefficient (Wildman–Crippen LogP) is 2.54. The van der Waals surface area contributed by atoms with E-state index >= 15 is 0 Å². The molecule has 1 atom stereocenters. The van der Waals surface area contributed by atoms with Crippen molar-refractivity contribution in [1.29, 1.82) is 0 Å². The standard InChI is InChI=1S/C17H26ClN3O/c1-14(15-6-3-4-7-16(15)18)20-10-12-21(13-11-20)17(22)8-5-9-19-2/h3-4,6-7,14,19H,5,8-13H2,1-2H3. The number of nitrogens with one attached hydrogen (secondary N) is 1. The molecule has 1 saturated heterocycles. The van der Waals surface area contributed by atoms with E-state index in [0.29, 0.717) is 6.42 Å². The van der Waals surface area contributed by atoms with E-state index in [0.717, 1.165) is 49.7 Å². The van der Waals surface area contributed by atoms with Crippen LogP contribution in [0.4, 0.5) is 0 Å². The smallest absolute Gasteiger partial charge is 0.222 e. The highest BCUT2D eigenvalue weighted by atomic mass is 35.5. The van der Waals surface area contributed by atoms with E-state index in [2.05, 4.69) is 23.2 Å². The second kappa shape index (κ2) is 8.51. The number of nitrogens with zero attached hydrogens (tertiary/aromatic N) is 2. The molecule has 0 aliphatic carbocycles. The average Bonchev–Trinajstić information content (AvgIpc) is 2.55. The zero-order valence-corrected chi connectivity index (χ0v) is 14.3. The Morgan fingerprint density at radius 3 is 2.59 bits per heavy atom. The Kier molecular flexibility index (Phi) is 6.68. The summed E-state index contributed by atoms with van der Waals surface area (Å²) in [7, 11) is 1.92. The molecule has 1 N–H and O–H groups in total. The van der Waals surface area contributed by atoms with Crippen molar-refractivity contribution >= 4 is 17.5 Å². The molecule has 4 nitrogen and oxygen atoms in total. The second-order valence-corrected chi connectivity index (χ2v) is 6.23. The Morgan fingerprint density at radius 1 is 1.27 bits per heavy atom. The summed E-state index contributed by atoms with van der Waals surface area (Å²) in [5.41, 5.74) is 1.16. The van der Waals surface area contributed by atoms with Gasteiger partial charge in [0.1, 0.15) is 0 Å². The third-order valence-corrected chi connectivity index (χ3v) is 4.73. The van der Waals surface area contributed by atoms with Crippen LogP contribution in [0, 0.1) is 0 Å². The lowest BCUT2D eigenvalue weighted by Crippen LogP contribution is -2.49. The van der Waals surface area contributed by atoms with Crippen molar-refractivity contribution in [3.8, 4) is 0 Å². The van der Waals surface area contributed by atoms with Crippen molar-refractivity contribution in [3.63, 3.8) is 0 Å². The summed E-state index contributed by atoms with van der Waals surface area (Å²) < 4.78 is 0. The van der Waals surface area contributed by atoms with E-state index in [1.807, 2.05) is 30.1 Å². The van der Waals surface area contributed by atoms with Gasteiger partial charge in [0.2, 0.25) is 5.91 Å². The number of carbonyl (C=O) groups excluding carboxylic acids is 1. The molecular weight excluding hydrogens is 298 g/mol.